The van der Waals surface area contributed by atoms with Crippen LogP contribution >= 0.6 is 0 Å². The summed E-state index contributed by atoms with van der Waals surface area (Å²) in [5, 5.41) is 8.38. The van der Waals surface area contributed by atoms with Crippen LogP contribution in [0.5, 0.6) is 0 Å². The largest absolute Gasteiger partial charge is 0.467 e. The molecule has 3 heterocycles. The fourth-order valence-electron chi connectivity index (χ4n) is 1.89. The van der Waals surface area contributed by atoms with Crippen LogP contribution in [-0.4, -0.2) is 19.7 Å². The van der Waals surface area contributed by atoms with Crippen molar-refractivity contribution >= 4 is 16.9 Å². The smallest absolute Gasteiger partial charge is 0.163 e. The number of fused-ring (bicyclic) bond motifs is 1. The number of rotatable bonds is 3. The summed E-state index contributed by atoms with van der Waals surface area (Å²) >= 11 is 0. The molecule has 3 aromatic heterocycles. The van der Waals surface area contributed by atoms with Crippen LogP contribution in [-0.2, 0) is 7.05 Å². The third-order valence-corrected chi connectivity index (χ3v) is 2.85. The Hall–Kier alpha value is -2.37. The van der Waals surface area contributed by atoms with Gasteiger partial charge in [0.1, 0.15) is 17.9 Å². The molecule has 0 radical (unpaired) electrons. The standard InChI is InChI=1S/C12H13N5O/c1-8(10-4-3-5-18-10)16-11-9-6-15-17(2)12(9)14-7-13-11/h3-8H,1-2H3,(H,13,14,16). The van der Waals surface area contributed by atoms with Crippen molar-refractivity contribution in [1.29, 1.82) is 0 Å². The van der Waals surface area contributed by atoms with Crippen LogP contribution in [0.25, 0.3) is 11.0 Å². The monoisotopic (exact) mass is 243 g/mol. The molecule has 0 aromatic carbocycles. The zero-order valence-corrected chi connectivity index (χ0v) is 10.2. The second-order valence-corrected chi connectivity index (χ2v) is 4.11. The van der Waals surface area contributed by atoms with E-state index in [2.05, 4.69) is 20.4 Å². The molecule has 3 aromatic rings. The van der Waals surface area contributed by atoms with E-state index in [4.69, 9.17) is 4.42 Å². The van der Waals surface area contributed by atoms with E-state index in [-0.39, 0.29) is 6.04 Å². The lowest BCUT2D eigenvalue weighted by molar-refractivity contribution is 0.490. The first kappa shape index (κ1) is 10.8. The molecule has 6 nitrogen and oxygen atoms in total. The molecule has 0 saturated heterocycles. The van der Waals surface area contributed by atoms with Gasteiger partial charge in [-0.2, -0.15) is 5.10 Å². The Morgan fingerprint density at radius 2 is 2.28 bits per heavy atom. The minimum Gasteiger partial charge on any atom is -0.467 e. The lowest BCUT2D eigenvalue weighted by Crippen LogP contribution is -2.07. The molecule has 0 spiro atoms. The highest BCUT2D eigenvalue weighted by Gasteiger charge is 2.12. The maximum atomic E-state index is 5.36. The minimum absolute atomic E-state index is 0.0401. The quantitative estimate of drug-likeness (QED) is 0.763. The molecule has 0 bridgehead atoms. The van der Waals surface area contributed by atoms with E-state index in [1.54, 1.807) is 17.1 Å². The normalized spacial score (nSPS) is 12.8. The average Bonchev–Trinajstić information content (AvgIpc) is 3.00. The van der Waals surface area contributed by atoms with Crippen molar-refractivity contribution in [3.05, 3.63) is 36.7 Å². The summed E-state index contributed by atoms with van der Waals surface area (Å²) in [6.07, 6.45) is 4.95. The lowest BCUT2D eigenvalue weighted by atomic mass is 10.2. The summed E-state index contributed by atoms with van der Waals surface area (Å²) in [5.74, 6) is 1.63. The lowest BCUT2D eigenvalue weighted by Gasteiger charge is -2.12. The van der Waals surface area contributed by atoms with Gasteiger partial charge in [-0.05, 0) is 19.1 Å². The van der Waals surface area contributed by atoms with Crippen LogP contribution in [0, 0.1) is 0 Å². The Labute approximate surface area is 104 Å². The molecule has 92 valence electrons. The third kappa shape index (κ3) is 1.71. The molecule has 0 aliphatic rings. The van der Waals surface area contributed by atoms with Crippen molar-refractivity contribution in [1.82, 2.24) is 19.7 Å². The van der Waals surface area contributed by atoms with Gasteiger partial charge in [-0.25, -0.2) is 9.97 Å². The number of hydrogen-bond donors (Lipinski definition) is 1. The van der Waals surface area contributed by atoms with E-state index in [0.29, 0.717) is 0 Å². The van der Waals surface area contributed by atoms with Crippen LogP contribution in [0.3, 0.4) is 0 Å². The predicted molar refractivity (Wildman–Crippen MR) is 67.0 cm³/mol. The van der Waals surface area contributed by atoms with E-state index in [0.717, 1.165) is 22.6 Å². The topological polar surface area (TPSA) is 68.8 Å². The number of aryl methyl sites for hydroxylation is 1. The van der Waals surface area contributed by atoms with Crippen LogP contribution in [0.1, 0.15) is 18.7 Å². The number of anilines is 1. The summed E-state index contributed by atoms with van der Waals surface area (Å²) in [4.78, 5) is 8.45. The molecule has 0 amide bonds. The maximum absolute atomic E-state index is 5.36. The van der Waals surface area contributed by atoms with Gasteiger partial charge < -0.3 is 9.73 Å². The summed E-state index contributed by atoms with van der Waals surface area (Å²) in [6, 6.07) is 3.84. The van der Waals surface area contributed by atoms with Gasteiger partial charge >= 0.3 is 0 Å². The molecular formula is C12H13N5O. The Kier molecular flexibility index (Phi) is 2.47. The highest BCUT2D eigenvalue weighted by molar-refractivity contribution is 5.86. The molecule has 6 heteroatoms. The Morgan fingerprint density at radius 1 is 1.39 bits per heavy atom. The average molecular weight is 243 g/mol. The van der Waals surface area contributed by atoms with Gasteiger partial charge in [0.15, 0.2) is 5.65 Å². The first-order valence-corrected chi connectivity index (χ1v) is 5.68. The number of furan rings is 1. The molecule has 18 heavy (non-hydrogen) atoms. The molecule has 0 saturated carbocycles. The van der Waals surface area contributed by atoms with E-state index in [1.165, 1.54) is 6.33 Å². The fraction of sp³-hybridized carbons (Fsp3) is 0.250. The van der Waals surface area contributed by atoms with Crippen molar-refractivity contribution < 1.29 is 4.42 Å². The number of aromatic nitrogens is 4. The van der Waals surface area contributed by atoms with Gasteiger partial charge in [-0.15, -0.1) is 0 Å². The summed E-state index contributed by atoms with van der Waals surface area (Å²) < 4.78 is 7.08. The van der Waals surface area contributed by atoms with Gasteiger partial charge in [0, 0.05) is 7.05 Å². The van der Waals surface area contributed by atoms with Crippen molar-refractivity contribution in [3.8, 4) is 0 Å². The summed E-state index contributed by atoms with van der Waals surface area (Å²) in [7, 11) is 1.86. The van der Waals surface area contributed by atoms with Crippen LogP contribution in [0.4, 0.5) is 5.82 Å². The summed E-state index contributed by atoms with van der Waals surface area (Å²) in [5.41, 5.74) is 0.805. The highest BCUT2D eigenvalue weighted by atomic mass is 16.3. The Balaban J connectivity index is 1.95. The van der Waals surface area contributed by atoms with E-state index < -0.39 is 0 Å². The second kappa shape index (κ2) is 4.14. The number of nitrogens with zero attached hydrogens (tertiary/aromatic N) is 4. The van der Waals surface area contributed by atoms with Crippen molar-refractivity contribution in [2.75, 3.05) is 5.32 Å². The molecule has 1 N–H and O–H groups in total. The first-order chi connectivity index (χ1) is 8.75. The zero-order chi connectivity index (χ0) is 12.5. The van der Waals surface area contributed by atoms with Crippen LogP contribution < -0.4 is 5.32 Å². The Morgan fingerprint density at radius 3 is 3.06 bits per heavy atom. The SMILES string of the molecule is CC(Nc1ncnc2c1cnn2C)c1ccco1. The molecule has 0 aliphatic carbocycles. The molecule has 1 unspecified atom stereocenters. The molecule has 0 aliphatic heterocycles. The van der Waals surface area contributed by atoms with Gasteiger partial charge in [0.25, 0.3) is 0 Å². The zero-order valence-electron chi connectivity index (χ0n) is 10.2. The van der Waals surface area contributed by atoms with Crippen molar-refractivity contribution in [3.63, 3.8) is 0 Å². The van der Waals surface area contributed by atoms with Gasteiger partial charge in [-0.3, -0.25) is 4.68 Å². The van der Waals surface area contributed by atoms with Crippen LogP contribution in [0.2, 0.25) is 0 Å². The second-order valence-electron chi connectivity index (χ2n) is 4.11. The number of hydrogen-bond acceptors (Lipinski definition) is 5. The molecular weight excluding hydrogens is 230 g/mol. The van der Waals surface area contributed by atoms with Gasteiger partial charge in [-0.1, -0.05) is 0 Å². The summed E-state index contributed by atoms with van der Waals surface area (Å²) in [6.45, 7) is 2.02. The molecule has 1 atom stereocenters. The number of nitrogens with one attached hydrogen (secondary N) is 1. The van der Waals surface area contributed by atoms with Crippen molar-refractivity contribution in [2.24, 2.45) is 7.05 Å². The Bertz CT molecular complexity index is 658. The first-order valence-electron chi connectivity index (χ1n) is 5.68. The van der Waals surface area contributed by atoms with Gasteiger partial charge in [0.05, 0.1) is 23.9 Å². The predicted octanol–water partition coefficient (Wildman–Crippen LogP) is 2.13. The highest BCUT2D eigenvalue weighted by Crippen LogP contribution is 2.23. The van der Waals surface area contributed by atoms with Crippen molar-refractivity contribution in [2.45, 2.75) is 13.0 Å². The van der Waals surface area contributed by atoms with E-state index >= 15 is 0 Å². The maximum Gasteiger partial charge on any atom is 0.163 e. The molecule has 0 fully saturated rings. The van der Waals surface area contributed by atoms with Gasteiger partial charge in [0.2, 0.25) is 0 Å². The molecule has 3 rings (SSSR count). The fourth-order valence-corrected chi connectivity index (χ4v) is 1.89. The minimum atomic E-state index is 0.0401. The third-order valence-electron chi connectivity index (χ3n) is 2.85. The van der Waals surface area contributed by atoms with E-state index in [9.17, 15) is 0 Å². The van der Waals surface area contributed by atoms with E-state index in [1.807, 2.05) is 26.1 Å². The van der Waals surface area contributed by atoms with Crippen LogP contribution in [0.15, 0.2) is 35.3 Å².